The van der Waals surface area contributed by atoms with E-state index in [9.17, 15) is 0 Å². The van der Waals surface area contributed by atoms with Gasteiger partial charge in [-0.1, -0.05) is 164 Å². The molecule has 10 aromatic carbocycles. The van der Waals surface area contributed by atoms with Crippen molar-refractivity contribution >= 4 is 94.9 Å². The number of para-hydroxylation sites is 5. The van der Waals surface area contributed by atoms with Crippen LogP contribution in [0, 0.1) is 0 Å². The van der Waals surface area contributed by atoms with Gasteiger partial charge in [-0.25, -0.2) is 0 Å². The number of fused-ring (bicyclic) bond motifs is 12. The first-order valence-electron chi connectivity index (χ1n) is 22.9. The monoisotopic (exact) mass is 856 g/mol. The molecule has 1 aliphatic rings. The highest BCUT2D eigenvalue weighted by Crippen LogP contribution is 2.54. The number of anilines is 3. The summed E-state index contributed by atoms with van der Waals surface area (Å²) in [4.78, 5) is 2.34. The zero-order valence-electron chi connectivity index (χ0n) is 36.3. The first kappa shape index (κ1) is 37.5. The Kier molecular flexibility index (Phi) is 8.16. The van der Waals surface area contributed by atoms with Gasteiger partial charge >= 0.3 is 0 Å². The van der Waals surface area contributed by atoms with E-state index in [1.54, 1.807) is 0 Å². The summed E-state index contributed by atoms with van der Waals surface area (Å²) < 4.78 is 16.3. The lowest BCUT2D eigenvalue weighted by Crippen LogP contribution is -2.32. The number of rotatable bonds is 6. The Hall–Kier alpha value is -8.86. The SMILES string of the molecule is C1=Cc2c(cc(-n3c4ccccc4c4cc(N(c5ccccc5)c5ccccc5)ccc43)c3c2oc2ccccc23)C(c2ccccc2)(c2ccccc2)c2cc3c(cc21)oc1ccccc13. The second kappa shape index (κ2) is 14.6. The van der Waals surface area contributed by atoms with E-state index >= 15 is 0 Å². The molecule has 0 saturated carbocycles. The van der Waals surface area contributed by atoms with Crippen molar-refractivity contribution < 1.29 is 8.83 Å². The summed E-state index contributed by atoms with van der Waals surface area (Å²) in [7, 11) is 0. The second-order valence-electron chi connectivity index (χ2n) is 17.6. The Labute approximate surface area is 386 Å². The third kappa shape index (κ3) is 5.47. The quantitative estimate of drug-likeness (QED) is 0.167. The van der Waals surface area contributed by atoms with Gasteiger partial charge in [-0.3, -0.25) is 0 Å². The molecule has 0 bridgehead atoms. The molecule has 314 valence electrons. The maximum absolute atomic E-state index is 7.21. The highest BCUT2D eigenvalue weighted by atomic mass is 16.3. The molecular formula is C63H40N2O2. The average molecular weight is 857 g/mol. The maximum atomic E-state index is 7.21. The van der Waals surface area contributed by atoms with E-state index in [2.05, 4.69) is 246 Å². The Morgan fingerprint density at radius 2 is 0.940 bits per heavy atom. The molecule has 0 amide bonds. The standard InChI is InChI=1S/C63H40N2O2/c1-5-19-42(20-6-1)63(43-21-7-2-8-22-43)53-39-52-48-28-14-17-31-58(48)66-60(52)37-41(53)33-35-49-54(63)40-57(61-50-29-15-18-32-59(50)67-62(49)61)65-55-30-16-13-27-47(55)51-38-46(34-36-56(51)65)64(44-23-9-3-10-24-44)45-25-11-4-12-26-45/h1-40H. The van der Waals surface area contributed by atoms with Crippen LogP contribution in [0.2, 0.25) is 0 Å². The number of benzene rings is 10. The Balaban J connectivity index is 1.13. The molecule has 67 heavy (non-hydrogen) atoms. The van der Waals surface area contributed by atoms with E-state index in [0.29, 0.717) is 0 Å². The Bertz CT molecular complexity index is 4010. The van der Waals surface area contributed by atoms with Crippen LogP contribution in [0.5, 0.6) is 0 Å². The van der Waals surface area contributed by atoms with Gasteiger partial charge in [0.2, 0.25) is 0 Å². The van der Waals surface area contributed by atoms with Gasteiger partial charge in [0.25, 0.3) is 0 Å². The predicted molar refractivity (Wildman–Crippen MR) is 277 cm³/mol. The van der Waals surface area contributed by atoms with E-state index in [4.69, 9.17) is 8.83 Å². The summed E-state index contributed by atoms with van der Waals surface area (Å²) in [6.45, 7) is 0. The fraction of sp³-hybridized carbons (Fsp3) is 0.0159. The molecular weight excluding hydrogens is 817 g/mol. The number of aromatic nitrogens is 1. The molecule has 0 atom stereocenters. The fourth-order valence-corrected chi connectivity index (χ4v) is 11.2. The predicted octanol–water partition coefficient (Wildman–Crippen LogP) is 16.9. The Morgan fingerprint density at radius 1 is 0.373 bits per heavy atom. The smallest absolute Gasteiger partial charge is 0.145 e. The molecule has 4 nitrogen and oxygen atoms in total. The van der Waals surface area contributed by atoms with E-state index in [1.165, 1.54) is 10.9 Å². The molecule has 0 saturated heterocycles. The third-order valence-corrected chi connectivity index (χ3v) is 14.1. The summed E-state index contributed by atoms with van der Waals surface area (Å²) in [6, 6.07) is 83.1. The molecule has 0 spiro atoms. The van der Waals surface area contributed by atoms with Gasteiger partial charge in [0.15, 0.2) is 0 Å². The second-order valence-corrected chi connectivity index (χ2v) is 17.6. The molecule has 3 aromatic heterocycles. The first-order chi connectivity index (χ1) is 33.2. The molecule has 14 rings (SSSR count). The maximum Gasteiger partial charge on any atom is 0.145 e. The van der Waals surface area contributed by atoms with Crippen molar-refractivity contribution in [3.63, 3.8) is 0 Å². The van der Waals surface area contributed by atoms with Crippen LogP contribution in [0.25, 0.3) is 83.5 Å². The lowest BCUT2D eigenvalue weighted by Gasteiger charge is -2.38. The van der Waals surface area contributed by atoms with Gasteiger partial charge in [0, 0.05) is 49.6 Å². The Morgan fingerprint density at radius 3 is 1.63 bits per heavy atom. The fourth-order valence-electron chi connectivity index (χ4n) is 11.2. The highest BCUT2D eigenvalue weighted by Gasteiger charge is 2.44. The van der Waals surface area contributed by atoms with Crippen molar-refractivity contribution in [2.45, 2.75) is 5.41 Å². The van der Waals surface area contributed by atoms with Gasteiger partial charge in [-0.15, -0.1) is 0 Å². The van der Waals surface area contributed by atoms with Crippen molar-refractivity contribution in [1.82, 2.24) is 4.57 Å². The topological polar surface area (TPSA) is 34.5 Å². The van der Waals surface area contributed by atoms with Crippen LogP contribution >= 0.6 is 0 Å². The molecule has 13 aromatic rings. The molecule has 0 radical (unpaired) electrons. The first-order valence-corrected chi connectivity index (χ1v) is 22.9. The van der Waals surface area contributed by atoms with Crippen molar-refractivity contribution in [2.75, 3.05) is 4.90 Å². The minimum Gasteiger partial charge on any atom is -0.456 e. The normalized spacial score (nSPS) is 13.1. The molecule has 4 heteroatoms. The van der Waals surface area contributed by atoms with Crippen LogP contribution < -0.4 is 4.90 Å². The van der Waals surface area contributed by atoms with Gasteiger partial charge < -0.3 is 18.3 Å². The zero-order valence-corrected chi connectivity index (χ0v) is 36.3. The molecule has 0 aliphatic heterocycles. The summed E-state index contributed by atoms with van der Waals surface area (Å²) >= 11 is 0. The van der Waals surface area contributed by atoms with Gasteiger partial charge in [-0.05, 0) is 107 Å². The molecule has 0 fully saturated rings. The van der Waals surface area contributed by atoms with Gasteiger partial charge in [-0.2, -0.15) is 0 Å². The number of nitrogens with zero attached hydrogens (tertiary/aromatic N) is 2. The minimum atomic E-state index is -0.803. The van der Waals surface area contributed by atoms with Gasteiger partial charge in [0.05, 0.1) is 27.5 Å². The van der Waals surface area contributed by atoms with E-state index in [0.717, 1.165) is 111 Å². The number of hydrogen-bond donors (Lipinski definition) is 0. The van der Waals surface area contributed by atoms with Crippen molar-refractivity contribution in [1.29, 1.82) is 0 Å². The van der Waals surface area contributed by atoms with Crippen LogP contribution in [-0.2, 0) is 5.41 Å². The van der Waals surface area contributed by atoms with Crippen LogP contribution in [0.15, 0.2) is 239 Å². The highest BCUT2D eigenvalue weighted by molar-refractivity contribution is 6.17. The van der Waals surface area contributed by atoms with Crippen LogP contribution in [0.1, 0.15) is 33.4 Å². The molecule has 0 unspecified atom stereocenters. The molecule has 1 aliphatic carbocycles. The van der Waals surface area contributed by atoms with E-state index in [-0.39, 0.29) is 0 Å². The number of hydrogen-bond acceptors (Lipinski definition) is 3. The lowest BCUT2D eigenvalue weighted by atomic mass is 9.63. The van der Waals surface area contributed by atoms with Gasteiger partial charge in [0.1, 0.15) is 22.3 Å². The van der Waals surface area contributed by atoms with Crippen molar-refractivity contribution in [2.24, 2.45) is 0 Å². The third-order valence-electron chi connectivity index (χ3n) is 14.1. The molecule has 3 heterocycles. The van der Waals surface area contributed by atoms with E-state index in [1.807, 2.05) is 6.07 Å². The molecule has 0 N–H and O–H groups in total. The van der Waals surface area contributed by atoms with E-state index < -0.39 is 5.41 Å². The van der Waals surface area contributed by atoms with Crippen molar-refractivity contribution in [3.05, 3.63) is 264 Å². The number of furan rings is 2. The summed E-state index contributed by atoms with van der Waals surface area (Å²) in [5, 5.41) is 6.67. The minimum absolute atomic E-state index is 0.803. The average Bonchev–Trinajstić information content (AvgIpc) is 4.04. The largest absolute Gasteiger partial charge is 0.456 e. The summed E-state index contributed by atoms with van der Waals surface area (Å²) in [5.41, 5.74) is 16.0. The zero-order chi connectivity index (χ0) is 44.1. The van der Waals surface area contributed by atoms with Crippen LogP contribution in [-0.4, -0.2) is 4.57 Å². The summed E-state index contributed by atoms with van der Waals surface area (Å²) in [6.07, 6.45) is 4.55. The van der Waals surface area contributed by atoms with Crippen LogP contribution in [0.3, 0.4) is 0 Å². The summed E-state index contributed by atoms with van der Waals surface area (Å²) in [5.74, 6) is 0. The van der Waals surface area contributed by atoms with Crippen LogP contribution in [0.4, 0.5) is 17.1 Å². The van der Waals surface area contributed by atoms with Crippen molar-refractivity contribution in [3.8, 4) is 5.69 Å². The lowest BCUT2D eigenvalue weighted by molar-refractivity contribution is 0.662.